The molecule has 1 N–H and O–H groups in total. The Morgan fingerprint density at radius 2 is 1.67 bits per heavy atom. The van der Waals surface area contributed by atoms with Crippen LogP contribution in [0.3, 0.4) is 0 Å². The quantitative estimate of drug-likeness (QED) is 0.644. The van der Waals surface area contributed by atoms with Crippen molar-refractivity contribution in [3.8, 4) is 0 Å². The Balaban J connectivity index is 2.14. The molecule has 0 aliphatic heterocycles. The maximum absolute atomic E-state index is 10.1. The smallest absolute Gasteiger partial charge is 0.0901 e. The summed E-state index contributed by atoms with van der Waals surface area (Å²) in [7, 11) is 0. The van der Waals surface area contributed by atoms with Crippen LogP contribution in [0.25, 0.3) is 0 Å². The molecule has 0 radical (unpaired) electrons. The molecule has 1 aromatic rings. The highest BCUT2D eigenvalue weighted by atomic mass is 32.1. The maximum atomic E-state index is 10.1. The molecule has 18 heavy (non-hydrogen) atoms. The molecule has 1 aromatic heterocycles. The molecule has 0 spiro atoms. The molecule has 2 nitrogen and oxygen atoms in total. The van der Waals surface area contributed by atoms with Gasteiger partial charge in [-0.2, -0.15) is 0 Å². The average Bonchev–Trinajstić information content (AvgIpc) is 2.67. The number of aliphatic hydroxyl groups is 1. The van der Waals surface area contributed by atoms with Crippen LogP contribution in [0.4, 0.5) is 0 Å². The van der Waals surface area contributed by atoms with Crippen LogP contribution in [0.15, 0.2) is 0 Å². The molecule has 0 aliphatic carbocycles. The Morgan fingerprint density at radius 1 is 1.06 bits per heavy atom. The van der Waals surface area contributed by atoms with Crippen molar-refractivity contribution in [2.24, 2.45) is 0 Å². The molecule has 0 amide bonds. The van der Waals surface area contributed by atoms with Gasteiger partial charge in [0.15, 0.2) is 0 Å². The molecule has 104 valence electrons. The van der Waals surface area contributed by atoms with Crippen LogP contribution in [0.1, 0.15) is 80.0 Å². The minimum atomic E-state index is -0.299. The van der Waals surface area contributed by atoms with E-state index in [1.54, 1.807) is 11.3 Å². The van der Waals surface area contributed by atoms with Gasteiger partial charge in [-0.05, 0) is 20.3 Å². The van der Waals surface area contributed by atoms with Crippen molar-refractivity contribution in [1.82, 2.24) is 4.98 Å². The van der Waals surface area contributed by atoms with Crippen LogP contribution in [-0.2, 0) is 0 Å². The van der Waals surface area contributed by atoms with Gasteiger partial charge in [-0.15, -0.1) is 11.3 Å². The van der Waals surface area contributed by atoms with Gasteiger partial charge < -0.3 is 5.11 Å². The van der Waals surface area contributed by atoms with Gasteiger partial charge in [-0.25, -0.2) is 4.98 Å². The van der Waals surface area contributed by atoms with Crippen molar-refractivity contribution in [3.63, 3.8) is 0 Å². The Kier molecular flexibility index (Phi) is 7.52. The lowest BCUT2D eigenvalue weighted by Gasteiger charge is -2.08. The average molecular weight is 269 g/mol. The van der Waals surface area contributed by atoms with Crippen LogP contribution < -0.4 is 0 Å². The monoisotopic (exact) mass is 269 g/mol. The number of unbranched alkanes of at least 4 members (excludes halogenated alkanes) is 6. The molecule has 1 heterocycles. The van der Waals surface area contributed by atoms with E-state index in [1.165, 1.54) is 38.5 Å². The number of nitrogens with zero attached hydrogens (tertiary/aromatic N) is 1. The number of hydrogen-bond acceptors (Lipinski definition) is 3. The summed E-state index contributed by atoms with van der Waals surface area (Å²) in [4.78, 5) is 5.44. The molecule has 1 rings (SSSR count). The SMILES string of the molecule is CCCCCCCCCC(O)c1sc(C)nc1C. The summed E-state index contributed by atoms with van der Waals surface area (Å²) in [6.07, 6.45) is 9.66. The van der Waals surface area contributed by atoms with Gasteiger partial charge >= 0.3 is 0 Å². The van der Waals surface area contributed by atoms with E-state index in [0.29, 0.717) is 0 Å². The van der Waals surface area contributed by atoms with Gasteiger partial charge in [0.25, 0.3) is 0 Å². The highest BCUT2D eigenvalue weighted by molar-refractivity contribution is 7.11. The molecule has 0 aliphatic rings. The Hall–Kier alpha value is -0.410. The highest BCUT2D eigenvalue weighted by Gasteiger charge is 2.13. The predicted molar refractivity (Wildman–Crippen MR) is 79.2 cm³/mol. The van der Waals surface area contributed by atoms with E-state index in [1.807, 2.05) is 13.8 Å². The number of aryl methyl sites for hydroxylation is 2. The minimum Gasteiger partial charge on any atom is -0.388 e. The molecule has 1 atom stereocenters. The standard InChI is InChI=1S/C15H27NOS/c1-4-5-6-7-8-9-10-11-14(17)15-12(2)16-13(3)18-15/h14,17H,4-11H2,1-3H3. The summed E-state index contributed by atoms with van der Waals surface area (Å²) < 4.78 is 0. The second-order valence-corrected chi connectivity index (χ2v) is 6.34. The van der Waals surface area contributed by atoms with Gasteiger partial charge in [-0.3, -0.25) is 0 Å². The van der Waals surface area contributed by atoms with E-state index in [4.69, 9.17) is 0 Å². The van der Waals surface area contributed by atoms with Crippen molar-refractivity contribution in [2.45, 2.75) is 78.2 Å². The van der Waals surface area contributed by atoms with Crippen molar-refractivity contribution in [3.05, 3.63) is 15.6 Å². The fraction of sp³-hybridized carbons (Fsp3) is 0.800. The molecular weight excluding hydrogens is 242 g/mol. The van der Waals surface area contributed by atoms with Crippen LogP contribution in [0.2, 0.25) is 0 Å². The van der Waals surface area contributed by atoms with Gasteiger partial charge in [0.05, 0.1) is 21.7 Å². The maximum Gasteiger partial charge on any atom is 0.0901 e. The molecule has 0 aromatic carbocycles. The van der Waals surface area contributed by atoms with Gasteiger partial charge in [0.2, 0.25) is 0 Å². The third-order valence-electron chi connectivity index (χ3n) is 3.32. The number of aromatic nitrogens is 1. The Labute approximate surface area is 115 Å². The van der Waals surface area contributed by atoms with E-state index >= 15 is 0 Å². The van der Waals surface area contributed by atoms with Crippen LogP contribution in [0, 0.1) is 13.8 Å². The molecular formula is C15H27NOS. The number of hydrogen-bond donors (Lipinski definition) is 1. The lowest BCUT2D eigenvalue weighted by atomic mass is 10.1. The van der Waals surface area contributed by atoms with Crippen LogP contribution in [-0.4, -0.2) is 10.1 Å². The first-order valence-corrected chi connectivity index (χ1v) is 8.08. The first-order valence-electron chi connectivity index (χ1n) is 7.27. The fourth-order valence-electron chi connectivity index (χ4n) is 2.28. The van der Waals surface area contributed by atoms with E-state index in [9.17, 15) is 5.11 Å². The zero-order valence-corrected chi connectivity index (χ0v) is 12.9. The van der Waals surface area contributed by atoms with Gasteiger partial charge in [0.1, 0.15) is 0 Å². The molecule has 1 unspecified atom stereocenters. The van der Waals surface area contributed by atoms with E-state index < -0.39 is 0 Å². The normalized spacial score (nSPS) is 12.9. The second kappa shape index (κ2) is 8.65. The predicted octanol–water partition coefficient (Wildman–Crippen LogP) is 4.93. The molecule has 0 saturated heterocycles. The number of rotatable bonds is 9. The van der Waals surface area contributed by atoms with E-state index in [0.717, 1.165) is 28.4 Å². The summed E-state index contributed by atoms with van der Waals surface area (Å²) in [5.41, 5.74) is 1.01. The van der Waals surface area contributed by atoms with Crippen molar-refractivity contribution < 1.29 is 5.11 Å². The van der Waals surface area contributed by atoms with Crippen molar-refractivity contribution in [2.75, 3.05) is 0 Å². The van der Waals surface area contributed by atoms with Gasteiger partial charge in [0, 0.05) is 0 Å². The lowest BCUT2D eigenvalue weighted by Crippen LogP contribution is -1.97. The molecule has 0 fully saturated rings. The largest absolute Gasteiger partial charge is 0.388 e. The summed E-state index contributed by atoms with van der Waals surface area (Å²) in [6.45, 7) is 6.24. The van der Waals surface area contributed by atoms with Crippen molar-refractivity contribution in [1.29, 1.82) is 0 Å². The van der Waals surface area contributed by atoms with Crippen LogP contribution in [0.5, 0.6) is 0 Å². The number of aliphatic hydroxyl groups excluding tert-OH is 1. The third-order valence-corrected chi connectivity index (χ3v) is 4.50. The topological polar surface area (TPSA) is 33.1 Å². The Bertz CT molecular complexity index is 335. The highest BCUT2D eigenvalue weighted by Crippen LogP contribution is 2.28. The fourth-order valence-corrected chi connectivity index (χ4v) is 3.23. The van der Waals surface area contributed by atoms with Crippen LogP contribution >= 0.6 is 11.3 Å². The third kappa shape index (κ3) is 5.49. The molecule has 0 bridgehead atoms. The van der Waals surface area contributed by atoms with Crippen molar-refractivity contribution >= 4 is 11.3 Å². The first kappa shape index (κ1) is 15.6. The second-order valence-electron chi connectivity index (χ2n) is 5.11. The van der Waals surface area contributed by atoms with Gasteiger partial charge in [-0.1, -0.05) is 51.9 Å². The zero-order valence-electron chi connectivity index (χ0n) is 12.0. The van der Waals surface area contributed by atoms with E-state index in [2.05, 4.69) is 11.9 Å². The summed E-state index contributed by atoms with van der Waals surface area (Å²) >= 11 is 1.64. The Morgan fingerprint density at radius 3 is 2.22 bits per heavy atom. The summed E-state index contributed by atoms with van der Waals surface area (Å²) in [5, 5.41) is 11.2. The molecule has 3 heteroatoms. The summed E-state index contributed by atoms with van der Waals surface area (Å²) in [6, 6.07) is 0. The first-order chi connectivity index (χ1) is 8.65. The minimum absolute atomic E-state index is 0.299. The van der Waals surface area contributed by atoms with E-state index in [-0.39, 0.29) is 6.10 Å². The summed E-state index contributed by atoms with van der Waals surface area (Å²) in [5.74, 6) is 0. The number of thiazole rings is 1. The lowest BCUT2D eigenvalue weighted by molar-refractivity contribution is 0.166. The zero-order chi connectivity index (χ0) is 13.4. The molecule has 0 saturated carbocycles.